The van der Waals surface area contributed by atoms with E-state index in [-0.39, 0.29) is 5.78 Å². The molecule has 0 fully saturated rings. The van der Waals surface area contributed by atoms with Crippen molar-refractivity contribution >= 4 is 22.8 Å². The van der Waals surface area contributed by atoms with Crippen molar-refractivity contribution in [2.24, 2.45) is 0 Å². The number of anilines is 1. The molecule has 4 heteroatoms. The first-order valence-electron chi connectivity index (χ1n) is 5.31. The lowest BCUT2D eigenvalue weighted by atomic mass is 10.2. The molecular formula is C14H10N2OS. The van der Waals surface area contributed by atoms with Gasteiger partial charge in [-0.15, -0.1) is 11.3 Å². The fraction of sp³-hybridized carbons (Fsp3) is 0. The highest BCUT2D eigenvalue weighted by Crippen LogP contribution is 2.14. The molecule has 1 heterocycles. The predicted molar refractivity (Wildman–Crippen MR) is 72.6 cm³/mol. The maximum absolute atomic E-state index is 11.7. The highest BCUT2D eigenvalue weighted by molar-refractivity contribution is 7.12. The zero-order valence-electron chi connectivity index (χ0n) is 9.46. The fourth-order valence-corrected chi connectivity index (χ4v) is 2.06. The molecule has 0 unspecified atom stereocenters. The largest absolute Gasteiger partial charge is 0.360 e. The van der Waals surface area contributed by atoms with E-state index in [1.165, 1.54) is 17.4 Å². The standard InChI is InChI=1S/C14H10N2OS/c15-10-11-4-1-2-5-12(11)16-8-7-13(17)14-6-3-9-18-14/h1-9,16H/b8-7-. The summed E-state index contributed by atoms with van der Waals surface area (Å²) in [5.74, 6) is -0.0491. The van der Waals surface area contributed by atoms with E-state index in [1.807, 2.05) is 17.5 Å². The van der Waals surface area contributed by atoms with Crippen molar-refractivity contribution < 1.29 is 4.79 Å². The molecule has 0 atom stereocenters. The molecule has 0 aliphatic carbocycles. The molecule has 0 radical (unpaired) electrons. The second-order valence-corrected chi connectivity index (χ2v) is 4.42. The third-order valence-corrected chi connectivity index (χ3v) is 3.17. The number of nitriles is 1. The molecule has 0 bridgehead atoms. The van der Waals surface area contributed by atoms with E-state index in [0.29, 0.717) is 16.1 Å². The zero-order chi connectivity index (χ0) is 12.8. The minimum Gasteiger partial charge on any atom is -0.360 e. The zero-order valence-corrected chi connectivity index (χ0v) is 10.3. The second-order valence-electron chi connectivity index (χ2n) is 3.48. The molecule has 0 saturated carbocycles. The molecule has 18 heavy (non-hydrogen) atoms. The van der Waals surface area contributed by atoms with Crippen LogP contribution >= 0.6 is 11.3 Å². The van der Waals surface area contributed by atoms with Crippen LogP contribution in [0, 0.1) is 11.3 Å². The average molecular weight is 254 g/mol. The van der Waals surface area contributed by atoms with Gasteiger partial charge in [-0.3, -0.25) is 4.79 Å². The van der Waals surface area contributed by atoms with Gasteiger partial charge >= 0.3 is 0 Å². The lowest BCUT2D eigenvalue weighted by Gasteiger charge is -2.01. The number of carbonyl (C=O) groups excluding carboxylic acids is 1. The number of nitrogens with zero attached hydrogens (tertiary/aromatic N) is 1. The molecule has 1 N–H and O–H groups in total. The molecule has 88 valence electrons. The summed E-state index contributed by atoms with van der Waals surface area (Å²) in [5, 5.41) is 13.7. The summed E-state index contributed by atoms with van der Waals surface area (Å²) in [6.45, 7) is 0. The van der Waals surface area contributed by atoms with Gasteiger partial charge in [0.2, 0.25) is 0 Å². The summed E-state index contributed by atoms with van der Waals surface area (Å²) in [6.07, 6.45) is 3.01. The lowest BCUT2D eigenvalue weighted by molar-refractivity contribution is 0.105. The Bertz CT molecular complexity index is 609. The summed E-state index contributed by atoms with van der Waals surface area (Å²) in [5.41, 5.74) is 1.24. The summed E-state index contributed by atoms with van der Waals surface area (Å²) in [6, 6.07) is 12.8. The van der Waals surface area contributed by atoms with Gasteiger partial charge in [-0.25, -0.2) is 0 Å². The Morgan fingerprint density at radius 3 is 2.83 bits per heavy atom. The SMILES string of the molecule is N#Cc1ccccc1N/C=C\C(=O)c1cccs1. The van der Waals surface area contributed by atoms with Crippen LogP contribution in [0.2, 0.25) is 0 Å². The molecule has 0 saturated heterocycles. The van der Waals surface area contributed by atoms with Crippen molar-refractivity contribution in [3.8, 4) is 6.07 Å². The normalized spacial score (nSPS) is 10.2. The van der Waals surface area contributed by atoms with Gasteiger partial charge in [-0.2, -0.15) is 5.26 Å². The fourth-order valence-electron chi connectivity index (χ4n) is 1.41. The van der Waals surface area contributed by atoms with Crippen molar-refractivity contribution in [1.82, 2.24) is 0 Å². The minimum atomic E-state index is -0.0491. The highest BCUT2D eigenvalue weighted by Gasteiger charge is 2.01. The van der Waals surface area contributed by atoms with Crippen molar-refractivity contribution in [3.05, 3.63) is 64.5 Å². The Morgan fingerprint density at radius 1 is 1.28 bits per heavy atom. The Balaban J connectivity index is 2.04. The Hall–Kier alpha value is -2.38. The van der Waals surface area contributed by atoms with E-state index in [9.17, 15) is 4.79 Å². The lowest BCUT2D eigenvalue weighted by Crippen LogP contribution is -1.95. The van der Waals surface area contributed by atoms with Gasteiger partial charge in [-0.05, 0) is 23.6 Å². The van der Waals surface area contributed by atoms with Crippen LogP contribution in [0.3, 0.4) is 0 Å². The van der Waals surface area contributed by atoms with Gasteiger partial charge < -0.3 is 5.32 Å². The topological polar surface area (TPSA) is 52.9 Å². The molecule has 0 spiro atoms. The number of ketones is 1. The van der Waals surface area contributed by atoms with Gasteiger partial charge in [0.15, 0.2) is 5.78 Å². The van der Waals surface area contributed by atoms with E-state index in [1.54, 1.807) is 30.5 Å². The van der Waals surface area contributed by atoms with Crippen LogP contribution in [0.4, 0.5) is 5.69 Å². The minimum absolute atomic E-state index is 0.0491. The second kappa shape index (κ2) is 5.80. The predicted octanol–water partition coefficient (Wildman–Crippen LogP) is 3.43. The summed E-state index contributed by atoms with van der Waals surface area (Å²) in [4.78, 5) is 12.4. The Morgan fingerprint density at radius 2 is 2.11 bits per heavy atom. The van der Waals surface area contributed by atoms with Crippen LogP contribution in [-0.2, 0) is 0 Å². The number of benzene rings is 1. The van der Waals surface area contributed by atoms with Crippen LogP contribution < -0.4 is 5.32 Å². The number of hydrogen-bond donors (Lipinski definition) is 1. The smallest absolute Gasteiger partial charge is 0.197 e. The van der Waals surface area contributed by atoms with Crippen LogP contribution in [0.5, 0.6) is 0 Å². The van der Waals surface area contributed by atoms with Gasteiger partial charge in [-0.1, -0.05) is 18.2 Å². The first-order chi connectivity index (χ1) is 8.81. The first-order valence-corrected chi connectivity index (χ1v) is 6.19. The Labute approximate surface area is 109 Å². The van der Waals surface area contributed by atoms with Gasteiger partial charge in [0.25, 0.3) is 0 Å². The molecule has 0 amide bonds. The number of para-hydroxylation sites is 1. The molecule has 2 aromatic rings. The number of hydrogen-bond acceptors (Lipinski definition) is 4. The van der Waals surface area contributed by atoms with Crippen LogP contribution in [-0.4, -0.2) is 5.78 Å². The van der Waals surface area contributed by atoms with E-state index in [4.69, 9.17) is 5.26 Å². The number of rotatable bonds is 4. The van der Waals surface area contributed by atoms with E-state index in [2.05, 4.69) is 11.4 Å². The van der Waals surface area contributed by atoms with E-state index < -0.39 is 0 Å². The maximum atomic E-state index is 11.7. The van der Waals surface area contributed by atoms with E-state index in [0.717, 1.165) is 0 Å². The number of thiophene rings is 1. The summed E-state index contributed by atoms with van der Waals surface area (Å²) >= 11 is 1.40. The van der Waals surface area contributed by atoms with Crippen LogP contribution in [0.25, 0.3) is 0 Å². The average Bonchev–Trinajstić information content (AvgIpc) is 2.93. The van der Waals surface area contributed by atoms with Crippen molar-refractivity contribution in [2.45, 2.75) is 0 Å². The van der Waals surface area contributed by atoms with Gasteiger partial charge in [0, 0.05) is 12.3 Å². The maximum Gasteiger partial charge on any atom is 0.197 e. The molecule has 1 aromatic carbocycles. The quantitative estimate of drug-likeness (QED) is 0.671. The van der Waals surface area contributed by atoms with Gasteiger partial charge in [0.1, 0.15) is 6.07 Å². The van der Waals surface area contributed by atoms with Crippen LogP contribution in [0.15, 0.2) is 54.1 Å². The van der Waals surface area contributed by atoms with Crippen molar-refractivity contribution in [1.29, 1.82) is 5.26 Å². The molecule has 0 aliphatic heterocycles. The molecule has 2 rings (SSSR count). The monoisotopic (exact) mass is 254 g/mol. The number of nitrogens with one attached hydrogen (secondary N) is 1. The third-order valence-electron chi connectivity index (χ3n) is 2.29. The molecule has 3 nitrogen and oxygen atoms in total. The molecular weight excluding hydrogens is 244 g/mol. The van der Waals surface area contributed by atoms with E-state index >= 15 is 0 Å². The van der Waals surface area contributed by atoms with Crippen LogP contribution in [0.1, 0.15) is 15.2 Å². The van der Waals surface area contributed by atoms with Gasteiger partial charge in [0.05, 0.1) is 16.1 Å². The summed E-state index contributed by atoms with van der Waals surface area (Å²) in [7, 11) is 0. The number of allylic oxidation sites excluding steroid dienone is 1. The highest BCUT2D eigenvalue weighted by atomic mass is 32.1. The molecule has 0 aliphatic rings. The number of carbonyl (C=O) groups is 1. The van der Waals surface area contributed by atoms with Crippen molar-refractivity contribution in [3.63, 3.8) is 0 Å². The Kier molecular flexibility index (Phi) is 3.90. The van der Waals surface area contributed by atoms with Crippen molar-refractivity contribution in [2.75, 3.05) is 5.32 Å². The first kappa shape index (κ1) is 12.1. The third kappa shape index (κ3) is 2.84. The summed E-state index contributed by atoms with van der Waals surface area (Å²) < 4.78 is 0. The molecule has 1 aromatic heterocycles.